The number of amides is 3. The summed E-state index contributed by atoms with van der Waals surface area (Å²) in [5, 5.41) is 5.01. The van der Waals surface area contributed by atoms with Gasteiger partial charge >= 0.3 is 0 Å². The average molecular weight is 322 g/mol. The fraction of sp³-hybridized carbons (Fsp3) is 0.211. The first-order valence-electron chi connectivity index (χ1n) is 7.93. The third-order valence-electron chi connectivity index (χ3n) is 4.01. The molecule has 1 unspecified atom stereocenters. The Balaban J connectivity index is 1.76. The van der Waals surface area contributed by atoms with Crippen molar-refractivity contribution in [3.63, 3.8) is 0 Å². The van der Waals surface area contributed by atoms with Crippen LogP contribution >= 0.6 is 0 Å². The molecule has 2 aromatic carbocycles. The standard InChI is InChI=1S/C19H18N2O3/c22-17-11-5-10-16(19(24)21-17)20-18(23)15-9-4-8-14(12-15)13-6-2-1-3-7-13/h1-4,6-9,12,16H,5,10-11H2,(H,20,23)(H,21,22,24). The second-order valence-electron chi connectivity index (χ2n) is 5.78. The lowest BCUT2D eigenvalue weighted by molar-refractivity contribution is -0.130. The summed E-state index contributed by atoms with van der Waals surface area (Å²) in [6.45, 7) is 0. The number of imide groups is 1. The number of hydrogen-bond donors (Lipinski definition) is 2. The first-order valence-corrected chi connectivity index (χ1v) is 7.93. The molecular weight excluding hydrogens is 304 g/mol. The van der Waals surface area contributed by atoms with Gasteiger partial charge in [0.25, 0.3) is 5.91 Å². The highest BCUT2D eigenvalue weighted by atomic mass is 16.2. The zero-order valence-corrected chi connectivity index (χ0v) is 13.1. The van der Waals surface area contributed by atoms with Gasteiger partial charge in [-0.15, -0.1) is 0 Å². The van der Waals surface area contributed by atoms with Crippen molar-refractivity contribution in [1.29, 1.82) is 0 Å². The molecule has 0 spiro atoms. The van der Waals surface area contributed by atoms with E-state index >= 15 is 0 Å². The van der Waals surface area contributed by atoms with Crippen LogP contribution in [0.3, 0.4) is 0 Å². The summed E-state index contributed by atoms with van der Waals surface area (Å²) in [5.74, 6) is -1.05. The van der Waals surface area contributed by atoms with Crippen LogP contribution in [0.2, 0.25) is 0 Å². The molecular formula is C19H18N2O3. The van der Waals surface area contributed by atoms with Gasteiger partial charge in [0, 0.05) is 12.0 Å². The second kappa shape index (κ2) is 7.08. The number of carbonyl (C=O) groups is 3. The van der Waals surface area contributed by atoms with E-state index in [1.54, 1.807) is 12.1 Å². The highest BCUT2D eigenvalue weighted by Gasteiger charge is 2.25. The molecule has 5 heteroatoms. The molecule has 5 nitrogen and oxygen atoms in total. The van der Waals surface area contributed by atoms with Crippen LogP contribution in [0.1, 0.15) is 29.6 Å². The van der Waals surface area contributed by atoms with Crippen LogP contribution in [0.5, 0.6) is 0 Å². The Morgan fingerprint density at radius 3 is 2.54 bits per heavy atom. The number of benzene rings is 2. The van der Waals surface area contributed by atoms with Crippen molar-refractivity contribution >= 4 is 17.7 Å². The van der Waals surface area contributed by atoms with Crippen molar-refractivity contribution in [2.24, 2.45) is 0 Å². The minimum atomic E-state index is -0.677. The van der Waals surface area contributed by atoms with Crippen molar-refractivity contribution in [2.75, 3.05) is 0 Å². The van der Waals surface area contributed by atoms with Gasteiger partial charge in [0.15, 0.2) is 0 Å². The maximum atomic E-state index is 12.5. The lowest BCUT2D eigenvalue weighted by Gasteiger charge is -2.15. The summed E-state index contributed by atoms with van der Waals surface area (Å²) < 4.78 is 0. The van der Waals surface area contributed by atoms with Crippen LogP contribution in [0.4, 0.5) is 0 Å². The van der Waals surface area contributed by atoms with Crippen LogP contribution < -0.4 is 10.6 Å². The molecule has 24 heavy (non-hydrogen) atoms. The Morgan fingerprint density at radius 2 is 1.75 bits per heavy atom. The Bertz CT molecular complexity index is 771. The van der Waals surface area contributed by atoms with Gasteiger partial charge in [-0.25, -0.2) is 0 Å². The molecule has 1 atom stereocenters. The van der Waals surface area contributed by atoms with Gasteiger partial charge in [-0.1, -0.05) is 42.5 Å². The van der Waals surface area contributed by atoms with Crippen molar-refractivity contribution in [3.05, 3.63) is 60.2 Å². The maximum Gasteiger partial charge on any atom is 0.251 e. The highest BCUT2D eigenvalue weighted by molar-refractivity contribution is 6.02. The molecule has 0 radical (unpaired) electrons. The van der Waals surface area contributed by atoms with E-state index in [0.717, 1.165) is 11.1 Å². The summed E-state index contributed by atoms with van der Waals surface area (Å²) in [5.41, 5.74) is 2.44. The Hall–Kier alpha value is -2.95. The summed E-state index contributed by atoms with van der Waals surface area (Å²) in [6, 6.07) is 16.3. The van der Waals surface area contributed by atoms with Crippen LogP contribution in [0, 0.1) is 0 Å². The van der Waals surface area contributed by atoms with Gasteiger partial charge in [0.05, 0.1) is 0 Å². The normalized spacial score (nSPS) is 17.8. The molecule has 3 amide bonds. The predicted molar refractivity (Wildman–Crippen MR) is 90.1 cm³/mol. The zero-order chi connectivity index (χ0) is 16.9. The number of rotatable bonds is 3. The summed E-state index contributed by atoms with van der Waals surface area (Å²) in [7, 11) is 0. The number of nitrogens with one attached hydrogen (secondary N) is 2. The van der Waals surface area contributed by atoms with Crippen molar-refractivity contribution < 1.29 is 14.4 Å². The third kappa shape index (κ3) is 3.68. The van der Waals surface area contributed by atoms with E-state index in [1.165, 1.54) is 0 Å². The van der Waals surface area contributed by atoms with E-state index in [4.69, 9.17) is 0 Å². The van der Waals surface area contributed by atoms with E-state index in [9.17, 15) is 14.4 Å². The summed E-state index contributed by atoms with van der Waals surface area (Å²) >= 11 is 0. The molecule has 1 aliphatic rings. The molecule has 1 aliphatic heterocycles. The molecule has 0 bridgehead atoms. The van der Waals surface area contributed by atoms with Gasteiger partial charge in [-0.3, -0.25) is 19.7 Å². The van der Waals surface area contributed by atoms with Crippen molar-refractivity contribution in [2.45, 2.75) is 25.3 Å². The monoisotopic (exact) mass is 322 g/mol. The molecule has 0 saturated carbocycles. The summed E-state index contributed by atoms with van der Waals surface area (Å²) in [6.07, 6.45) is 1.34. The molecule has 3 rings (SSSR count). The van der Waals surface area contributed by atoms with E-state index in [2.05, 4.69) is 10.6 Å². The predicted octanol–water partition coefficient (Wildman–Crippen LogP) is 2.28. The van der Waals surface area contributed by atoms with Crippen LogP contribution in [-0.4, -0.2) is 23.8 Å². The first-order chi connectivity index (χ1) is 11.6. The number of carbonyl (C=O) groups excluding carboxylic acids is 3. The van der Waals surface area contributed by atoms with Crippen LogP contribution in [-0.2, 0) is 9.59 Å². The van der Waals surface area contributed by atoms with Crippen molar-refractivity contribution in [1.82, 2.24) is 10.6 Å². The largest absolute Gasteiger partial charge is 0.340 e. The van der Waals surface area contributed by atoms with Gasteiger partial charge < -0.3 is 5.32 Å². The lowest BCUT2D eigenvalue weighted by atomic mass is 10.0. The van der Waals surface area contributed by atoms with Crippen molar-refractivity contribution in [3.8, 4) is 11.1 Å². The van der Waals surface area contributed by atoms with Crippen LogP contribution in [0.15, 0.2) is 54.6 Å². The molecule has 1 saturated heterocycles. The fourth-order valence-electron chi connectivity index (χ4n) is 2.73. The molecule has 122 valence electrons. The number of hydrogen-bond acceptors (Lipinski definition) is 3. The maximum absolute atomic E-state index is 12.5. The Kier molecular flexibility index (Phi) is 4.70. The minimum absolute atomic E-state index is 0.289. The first kappa shape index (κ1) is 15.9. The second-order valence-corrected chi connectivity index (χ2v) is 5.78. The minimum Gasteiger partial charge on any atom is -0.340 e. The molecule has 2 aromatic rings. The SMILES string of the molecule is O=C1CCCC(NC(=O)c2cccc(-c3ccccc3)c2)C(=O)N1. The van der Waals surface area contributed by atoms with E-state index in [-0.39, 0.29) is 11.8 Å². The molecule has 1 heterocycles. The van der Waals surface area contributed by atoms with E-state index in [0.29, 0.717) is 24.8 Å². The van der Waals surface area contributed by atoms with Gasteiger partial charge in [-0.2, -0.15) is 0 Å². The van der Waals surface area contributed by atoms with Crippen LogP contribution in [0.25, 0.3) is 11.1 Å². The van der Waals surface area contributed by atoms with E-state index in [1.807, 2.05) is 42.5 Å². The smallest absolute Gasteiger partial charge is 0.251 e. The van der Waals surface area contributed by atoms with Gasteiger partial charge in [-0.05, 0) is 36.1 Å². The molecule has 0 aliphatic carbocycles. The summed E-state index contributed by atoms with van der Waals surface area (Å²) in [4.78, 5) is 35.7. The third-order valence-corrected chi connectivity index (χ3v) is 4.01. The lowest BCUT2D eigenvalue weighted by Crippen LogP contribution is -2.46. The molecule has 1 fully saturated rings. The van der Waals surface area contributed by atoms with E-state index < -0.39 is 11.9 Å². The fourth-order valence-corrected chi connectivity index (χ4v) is 2.73. The highest BCUT2D eigenvalue weighted by Crippen LogP contribution is 2.20. The zero-order valence-electron chi connectivity index (χ0n) is 13.1. The van der Waals surface area contributed by atoms with Gasteiger partial charge in [0.1, 0.15) is 6.04 Å². The Labute approximate surface area is 140 Å². The quantitative estimate of drug-likeness (QED) is 0.851. The molecule has 2 N–H and O–H groups in total. The topological polar surface area (TPSA) is 75.3 Å². The Morgan fingerprint density at radius 1 is 1.00 bits per heavy atom. The van der Waals surface area contributed by atoms with Gasteiger partial charge in [0.2, 0.25) is 11.8 Å². The average Bonchev–Trinajstić information content (AvgIpc) is 2.76. The molecule has 0 aromatic heterocycles.